The molecule has 19 heavy (non-hydrogen) atoms. The van der Waals surface area contributed by atoms with Gasteiger partial charge in [-0.1, -0.05) is 24.3 Å². The normalized spacial score (nSPS) is 11.2. The van der Waals surface area contributed by atoms with E-state index in [1.165, 1.54) is 0 Å². The molecule has 1 rings (SSSR count). The minimum Gasteiger partial charge on any atom is -0.422 e. The van der Waals surface area contributed by atoms with Crippen molar-refractivity contribution >= 4 is 18.5 Å². The molecular weight excluding hydrogens is 264 g/mol. The molecule has 5 nitrogen and oxygen atoms in total. The summed E-state index contributed by atoms with van der Waals surface area (Å²) in [5.41, 5.74) is 6.30. The van der Waals surface area contributed by atoms with Gasteiger partial charge < -0.3 is 10.8 Å². The lowest BCUT2D eigenvalue weighted by molar-refractivity contribution is -0.137. The fraction of sp³-hybridized carbons (Fsp3) is 0.300. The van der Waals surface area contributed by atoms with Gasteiger partial charge in [0.05, 0.1) is 5.56 Å². The third-order valence-electron chi connectivity index (χ3n) is 2.18. The average Bonchev–Trinajstić information content (AvgIpc) is 2.35. The van der Waals surface area contributed by atoms with Gasteiger partial charge >= 0.3 is 13.3 Å². The maximum atomic E-state index is 12.3. The number of nitrogens with two attached hydrogens (primary N) is 1. The largest absolute Gasteiger partial charge is 0.514 e. The van der Waals surface area contributed by atoms with Crippen molar-refractivity contribution in [3.8, 4) is 0 Å². The highest BCUT2D eigenvalue weighted by molar-refractivity contribution is 6.59. The summed E-state index contributed by atoms with van der Waals surface area (Å²) in [7, 11) is -1.55. The SMILES string of the molecule is NCCC(=O)NOB(O)c1ccc(C(F)(F)F)cc1. The van der Waals surface area contributed by atoms with Gasteiger partial charge in [-0.05, 0) is 5.46 Å². The molecule has 0 fully saturated rings. The molecular formula is C10H12BF3N2O3. The third kappa shape index (κ3) is 4.89. The van der Waals surface area contributed by atoms with E-state index in [1.807, 2.05) is 5.48 Å². The van der Waals surface area contributed by atoms with Crippen LogP contribution in [0.3, 0.4) is 0 Å². The number of carbonyl (C=O) groups is 1. The molecule has 0 radical (unpaired) electrons. The Kier molecular flexibility index (Phi) is 5.34. The molecule has 1 aromatic rings. The number of halogens is 3. The summed E-state index contributed by atoms with van der Waals surface area (Å²) in [5.74, 6) is -0.534. The van der Waals surface area contributed by atoms with Gasteiger partial charge in [-0.25, -0.2) is 5.48 Å². The van der Waals surface area contributed by atoms with Crippen molar-refractivity contribution in [2.45, 2.75) is 12.6 Å². The van der Waals surface area contributed by atoms with E-state index >= 15 is 0 Å². The first-order valence-corrected chi connectivity index (χ1v) is 5.34. The van der Waals surface area contributed by atoms with Gasteiger partial charge in [0.15, 0.2) is 0 Å². The predicted octanol–water partition coefficient (Wildman–Crippen LogP) is -0.210. The van der Waals surface area contributed by atoms with Crippen LogP contribution in [0.4, 0.5) is 13.2 Å². The second kappa shape index (κ2) is 6.55. The Balaban J connectivity index is 2.58. The number of hydrogen-bond donors (Lipinski definition) is 3. The summed E-state index contributed by atoms with van der Waals surface area (Å²) in [5, 5.41) is 9.48. The second-order valence-electron chi connectivity index (χ2n) is 3.65. The summed E-state index contributed by atoms with van der Waals surface area (Å²) < 4.78 is 41.5. The van der Waals surface area contributed by atoms with Crippen molar-refractivity contribution in [3.05, 3.63) is 29.8 Å². The zero-order chi connectivity index (χ0) is 14.5. The number of nitrogens with one attached hydrogen (secondary N) is 1. The van der Waals surface area contributed by atoms with Gasteiger partial charge in [-0.3, -0.25) is 9.55 Å². The Morgan fingerprint density at radius 2 is 1.95 bits per heavy atom. The lowest BCUT2D eigenvalue weighted by atomic mass is 9.80. The molecule has 0 aliphatic rings. The molecule has 0 saturated heterocycles. The third-order valence-corrected chi connectivity index (χ3v) is 2.18. The van der Waals surface area contributed by atoms with Crippen LogP contribution in [0.1, 0.15) is 12.0 Å². The zero-order valence-corrected chi connectivity index (χ0v) is 9.78. The van der Waals surface area contributed by atoms with Crippen molar-refractivity contribution in [3.63, 3.8) is 0 Å². The fourth-order valence-corrected chi connectivity index (χ4v) is 1.21. The van der Waals surface area contributed by atoms with Crippen LogP contribution in [0.5, 0.6) is 0 Å². The minimum absolute atomic E-state index is 0.0136. The molecule has 1 aromatic carbocycles. The first-order valence-electron chi connectivity index (χ1n) is 5.34. The molecule has 0 atom stereocenters. The van der Waals surface area contributed by atoms with Gasteiger partial charge in [0, 0.05) is 13.0 Å². The molecule has 0 aliphatic heterocycles. The number of hydroxylamine groups is 1. The smallest absolute Gasteiger partial charge is 0.422 e. The maximum Gasteiger partial charge on any atom is 0.514 e. The molecule has 1 amide bonds. The number of alkyl halides is 3. The van der Waals surface area contributed by atoms with E-state index in [0.717, 1.165) is 24.3 Å². The van der Waals surface area contributed by atoms with Crippen LogP contribution in [-0.4, -0.2) is 24.6 Å². The van der Waals surface area contributed by atoms with Crippen LogP contribution in [-0.2, 0) is 15.7 Å². The van der Waals surface area contributed by atoms with Crippen molar-refractivity contribution in [1.29, 1.82) is 0 Å². The molecule has 0 heterocycles. The number of benzene rings is 1. The Hall–Kier alpha value is -1.58. The molecule has 104 valence electrons. The van der Waals surface area contributed by atoms with E-state index in [0.29, 0.717) is 0 Å². The predicted molar refractivity (Wildman–Crippen MR) is 61.9 cm³/mol. The average molecular weight is 276 g/mol. The minimum atomic E-state index is -4.44. The van der Waals surface area contributed by atoms with Crippen molar-refractivity contribution in [2.24, 2.45) is 5.73 Å². The monoisotopic (exact) mass is 276 g/mol. The van der Waals surface area contributed by atoms with Gasteiger partial charge in [0.25, 0.3) is 0 Å². The summed E-state index contributed by atoms with van der Waals surface area (Å²) in [4.78, 5) is 11.0. The van der Waals surface area contributed by atoms with E-state index in [4.69, 9.17) is 5.73 Å². The van der Waals surface area contributed by atoms with Gasteiger partial charge in [0.2, 0.25) is 5.91 Å². The number of amides is 1. The van der Waals surface area contributed by atoms with Crippen molar-refractivity contribution < 1.29 is 27.7 Å². The van der Waals surface area contributed by atoms with Crippen LogP contribution < -0.4 is 16.7 Å². The van der Waals surface area contributed by atoms with E-state index in [1.54, 1.807) is 0 Å². The highest BCUT2D eigenvalue weighted by atomic mass is 19.4. The van der Waals surface area contributed by atoms with Crippen LogP contribution in [0.25, 0.3) is 0 Å². The topological polar surface area (TPSA) is 84.6 Å². The van der Waals surface area contributed by atoms with Crippen molar-refractivity contribution in [1.82, 2.24) is 5.48 Å². The van der Waals surface area contributed by atoms with Gasteiger partial charge in [-0.15, -0.1) is 0 Å². The highest BCUT2D eigenvalue weighted by Gasteiger charge is 2.30. The lowest BCUT2D eigenvalue weighted by Crippen LogP contribution is -2.41. The molecule has 0 aromatic heterocycles. The first kappa shape index (κ1) is 15.5. The number of hydrogen-bond acceptors (Lipinski definition) is 4. The van der Waals surface area contributed by atoms with Crippen LogP contribution in [0, 0.1) is 0 Å². The standard InChI is InChI=1S/C10H12BF3N2O3/c12-10(13,14)7-1-3-8(4-2-7)11(18)19-16-9(17)5-6-15/h1-4,18H,5-6,15H2,(H,16,17). The Bertz CT molecular complexity index is 425. The van der Waals surface area contributed by atoms with Crippen molar-refractivity contribution in [2.75, 3.05) is 6.54 Å². The second-order valence-corrected chi connectivity index (χ2v) is 3.65. The Labute approximate surface area is 107 Å². The Morgan fingerprint density at radius 1 is 1.37 bits per heavy atom. The number of carbonyl (C=O) groups excluding carboxylic acids is 1. The lowest BCUT2D eigenvalue weighted by Gasteiger charge is -2.10. The highest BCUT2D eigenvalue weighted by Crippen LogP contribution is 2.28. The maximum absolute atomic E-state index is 12.3. The molecule has 4 N–H and O–H groups in total. The van der Waals surface area contributed by atoms with Gasteiger partial charge in [-0.2, -0.15) is 13.2 Å². The summed E-state index contributed by atoms with van der Waals surface area (Å²) in [6.07, 6.45) is -4.43. The fourth-order valence-electron chi connectivity index (χ4n) is 1.21. The van der Waals surface area contributed by atoms with Crippen LogP contribution in [0.2, 0.25) is 0 Å². The number of rotatable bonds is 5. The van der Waals surface area contributed by atoms with Gasteiger partial charge in [0.1, 0.15) is 0 Å². The molecule has 0 spiro atoms. The quantitative estimate of drug-likeness (QED) is 0.513. The van der Waals surface area contributed by atoms with E-state index in [-0.39, 0.29) is 18.4 Å². The zero-order valence-electron chi connectivity index (χ0n) is 9.78. The van der Waals surface area contributed by atoms with Crippen LogP contribution in [0.15, 0.2) is 24.3 Å². The summed E-state index contributed by atoms with van der Waals surface area (Å²) in [6.45, 7) is 0.117. The Morgan fingerprint density at radius 3 is 2.42 bits per heavy atom. The molecule has 9 heteroatoms. The molecule has 0 aliphatic carbocycles. The summed E-state index contributed by atoms with van der Waals surface area (Å²) in [6, 6.07) is 3.73. The molecule has 0 saturated carbocycles. The van der Waals surface area contributed by atoms with E-state index in [2.05, 4.69) is 4.76 Å². The summed E-state index contributed by atoms with van der Waals surface area (Å²) >= 11 is 0. The molecule has 0 bridgehead atoms. The molecule has 0 unspecified atom stereocenters. The van der Waals surface area contributed by atoms with E-state index in [9.17, 15) is 23.0 Å². The van der Waals surface area contributed by atoms with E-state index < -0.39 is 24.8 Å². The van der Waals surface area contributed by atoms with Crippen LogP contribution >= 0.6 is 0 Å². The first-order chi connectivity index (χ1) is 8.84.